The van der Waals surface area contributed by atoms with Crippen LogP contribution in [0.5, 0.6) is 0 Å². The van der Waals surface area contributed by atoms with Gasteiger partial charge in [0.15, 0.2) is 0 Å². The highest BCUT2D eigenvalue weighted by Gasteiger charge is 2.25. The third-order valence-corrected chi connectivity index (χ3v) is 6.96. The number of carbonyl (C=O) groups is 1. The lowest BCUT2D eigenvalue weighted by atomic mass is 10.2. The summed E-state index contributed by atoms with van der Waals surface area (Å²) in [6, 6.07) is 4.49. The molecule has 4 rings (SSSR count). The van der Waals surface area contributed by atoms with E-state index in [4.69, 9.17) is 4.74 Å². The molecular weight excluding hydrogens is 382 g/mol. The predicted octanol–water partition coefficient (Wildman–Crippen LogP) is 3.15. The Balaban J connectivity index is 1.38. The number of hydrogen-bond acceptors (Lipinski definition) is 7. The van der Waals surface area contributed by atoms with E-state index in [0.717, 1.165) is 37.4 Å². The van der Waals surface area contributed by atoms with Gasteiger partial charge in [0, 0.05) is 18.0 Å². The van der Waals surface area contributed by atoms with Gasteiger partial charge in [-0.15, -0.1) is 16.4 Å². The number of hydrogen-bond donors (Lipinski definition) is 0. The normalized spacial score (nSPS) is 20.4. The highest BCUT2D eigenvalue weighted by molar-refractivity contribution is 7.99. The van der Waals surface area contributed by atoms with E-state index < -0.39 is 0 Å². The standard InChI is InChI=1S/C18H25N5O2S2/c24-17(13-27-18-19-20-21-23(18)14-5-1-2-6-14)22(11-15-7-3-9-25-15)12-16-8-4-10-26-16/h4,8,10,14-15H,1-3,5-7,9,11-13H2. The summed E-state index contributed by atoms with van der Waals surface area (Å²) in [5, 5.41) is 14.9. The van der Waals surface area contributed by atoms with E-state index in [1.807, 2.05) is 15.6 Å². The summed E-state index contributed by atoms with van der Waals surface area (Å²) >= 11 is 3.13. The second-order valence-electron chi connectivity index (χ2n) is 7.12. The van der Waals surface area contributed by atoms with E-state index in [0.29, 0.717) is 24.9 Å². The summed E-state index contributed by atoms with van der Waals surface area (Å²) in [5.41, 5.74) is 0. The van der Waals surface area contributed by atoms with E-state index >= 15 is 0 Å². The van der Waals surface area contributed by atoms with Crippen LogP contribution in [0, 0.1) is 0 Å². The van der Waals surface area contributed by atoms with E-state index in [-0.39, 0.29) is 12.0 Å². The number of rotatable bonds is 8. The molecule has 1 atom stereocenters. The van der Waals surface area contributed by atoms with Crippen LogP contribution in [0.3, 0.4) is 0 Å². The molecule has 2 aromatic rings. The second-order valence-corrected chi connectivity index (χ2v) is 9.10. The van der Waals surface area contributed by atoms with E-state index in [2.05, 4.69) is 27.0 Å². The molecule has 0 spiro atoms. The average Bonchev–Trinajstić information content (AvgIpc) is 3.47. The maximum atomic E-state index is 13.0. The van der Waals surface area contributed by atoms with Crippen LogP contribution in [0.2, 0.25) is 0 Å². The van der Waals surface area contributed by atoms with Gasteiger partial charge in [0.1, 0.15) is 0 Å². The minimum absolute atomic E-state index is 0.116. The molecule has 7 nitrogen and oxygen atoms in total. The minimum Gasteiger partial charge on any atom is -0.376 e. The molecule has 0 N–H and O–H groups in total. The first kappa shape index (κ1) is 18.9. The molecule has 1 saturated heterocycles. The van der Waals surface area contributed by atoms with Gasteiger partial charge in [0.2, 0.25) is 11.1 Å². The van der Waals surface area contributed by atoms with Crippen LogP contribution in [0.1, 0.15) is 49.4 Å². The van der Waals surface area contributed by atoms with Crippen molar-refractivity contribution in [3.8, 4) is 0 Å². The number of ether oxygens (including phenoxy) is 1. The zero-order valence-electron chi connectivity index (χ0n) is 15.3. The molecule has 0 aromatic carbocycles. The third kappa shape index (κ3) is 4.89. The van der Waals surface area contributed by atoms with Crippen molar-refractivity contribution in [2.75, 3.05) is 18.9 Å². The van der Waals surface area contributed by atoms with Gasteiger partial charge in [-0.25, -0.2) is 4.68 Å². The maximum Gasteiger partial charge on any atom is 0.233 e. The zero-order chi connectivity index (χ0) is 18.5. The lowest BCUT2D eigenvalue weighted by Gasteiger charge is -2.25. The first-order valence-corrected chi connectivity index (χ1v) is 11.5. The molecule has 0 radical (unpaired) electrons. The number of carbonyl (C=O) groups excluding carboxylic acids is 1. The molecule has 0 bridgehead atoms. The third-order valence-electron chi connectivity index (χ3n) is 5.19. The van der Waals surface area contributed by atoms with Crippen LogP contribution in [-0.4, -0.2) is 56.0 Å². The van der Waals surface area contributed by atoms with Crippen LogP contribution in [0.25, 0.3) is 0 Å². The molecule has 2 aliphatic rings. The van der Waals surface area contributed by atoms with Crippen molar-refractivity contribution in [3.63, 3.8) is 0 Å². The van der Waals surface area contributed by atoms with Crippen LogP contribution in [0.15, 0.2) is 22.7 Å². The van der Waals surface area contributed by atoms with Crippen molar-refractivity contribution >= 4 is 29.0 Å². The van der Waals surface area contributed by atoms with Crippen LogP contribution < -0.4 is 0 Å². The highest BCUT2D eigenvalue weighted by Crippen LogP contribution is 2.31. The van der Waals surface area contributed by atoms with Crippen LogP contribution in [-0.2, 0) is 16.1 Å². The van der Waals surface area contributed by atoms with Crippen molar-refractivity contribution in [2.45, 2.75) is 62.4 Å². The van der Waals surface area contributed by atoms with E-state index in [1.54, 1.807) is 11.3 Å². The Labute approximate surface area is 167 Å². The van der Waals surface area contributed by atoms with E-state index in [1.165, 1.54) is 29.5 Å². The molecule has 146 valence electrons. The summed E-state index contributed by atoms with van der Waals surface area (Å²) in [4.78, 5) is 16.1. The first-order valence-electron chi connectivity index (χ1n) is 9.62. The molecule has 1 saturated carbocycles. The van der Waals surface area contributed by atoms with Gasteiger partial charge >= 0.3 is 0 Å². The summed E-state index contributed by atoms with van der Waals surface area (Å²) in [6.45, 7) is 2.10. The Bertz CT molecular complexity index is 724. The molecule has 27 heavy (non-hydrogen) atoms. The molecule has 2 fully saturated rings. The number of thiophene rings is 1. The quantitative estimate of drug-likeness (QED) is 0.626. The summed E-state index contributed by atoms with van der Waals surface area (Å²) < 4.78 is 7.67. The van der Waals surface area contributed by atoms with Crippen molar-refractivity contribution in [2.24, 2.45) is 0 Å². The molecule has 2 aromatic heterocycles. The maximum absolute atomic E-state index is 13.0. The highest BCUT2D eigenvalue weighted by atomic mass is 32.2. The Morgan fingerprint density at radius 3 is 2.96 bits per heavy atom. The number of tetrazole rings is 1. The monoisotopic (exact) mass is 407 g/mol. The predicted molar refractivity (Wildman–Crippen MR) is 105 cm³/mol. The average molecular weight is 408 g/mol. The van der Waals surface area contributed by atoms with Gasteiger partial charge in [0.25, 0.3) is 0 Å². The number of thioether (sulfide) groups is 1. The Morgan fingerprint density at radius 1 is 1.33 bits per heavy atom. The SMILES string of the molecule is O=C(CSc1nnnn1C1CCCC1)N(Cc1cccs1)CC1CCCO1. The smallest absolute Gasteiger partial charge is 0.233 e. The fraction of sp³-hybridized carbons (Fsp3) is 0.667. The van der Waals surface area contributed by atoms with Gasteiger partial charge < -0.3 is 9.64 Å². The minimum atomic E-state index is 0.116. The fourth-order valence-corrected chi connectivity index (χ4v) is 5.32. The van der Waals surface area contributed by atoms with E-state index in [9.17, 15) is 4.79 Å². The topological polar surface area (TPSA) is 73.1 Å². The Morgan fingerprint density at radius 2 is 2.22 bits per heavy atom. The van der Waals surface area contributed by atoms with Crippen molar-refractivity contribution in [1.29, 1.82) is 0 Å². The molecule has 1 aliphatic carbocycles. The summed E-state index contributed by atoms with van der Waals surface area (Å²) in [5.74, 6) is 0.468. The van der Waals surface area contributed by atoms with Gasteiger partial charge in [-0.2, -0.15) is 0 Å². The van der Waals surface area contributed by atoms with Gasteiger partial charge in [-0.1, -0.05) is 30.7 Å². The van der Waals surface area contributed by atoms with Crippen LogP contribution in [0.4, 0.5) is 0 Å². The zero-order valence-corrected chi connectivity index (χ0v) is 17.0. The molecule has 1 amide bonds. The fourth-order valence-electron chi connectivity index (χ4n) is 3.76. The summed E-state index contributed by atoms with van der Waals surface area (Å²) in [7, 11) is 0. The Hall–Kier alpha value is -1.45. The van der Waals surface area contributed by atoms with Crippen molar-refractivity contribution < 1.29 is 9.53 Å². The van der Waals surface area contributed by atoms with Gasteiger partial charge in [-0.05, 0) is 47.6 Å². The Kier molecular flexibility index (Phi) is 6.41. The molecule has 9 heteroatoms. The second kappa shape index (κ2) is 9.16. The summed E-state index contributed by atoms with van der Waals surface area (Å²) in [6.07, 6.45) is 6.96. The lowest BCUT2D eigenvalue weighted by Crippen LogP contribution is -2.37. The lowest BCUT2D eigenvalue weighted by molar-refractivity contribution is -0.130. The molecule has 3 heterocycles. The molecule has 1 aliphatic heterocycles. The number of aromatic nitrogens is 4. The van der Waals surface area contributed by atoms with Gasteiger partial charge in [0.05, 0.1) is 24.4 Å². The van der Waals surface area contributed by atoms with Crippen molar-refractivity contribution in [1.82, 2.24) is 25.1 Å². The number of amides is 1. The number of nitrogens with zero attached hydrogens (tertiary/aromatic N) is 5. The largest absolute Gasteiger partial charge is 0.376 e. The molecular formula is C18H25N5O2S2. The van der Waals surface area contributed by atoms with Crippen LogP contribution >= 0.6 is 23.1 Å². The van der Waals surface area contributed by atoms with Gasteiger partial charge in [-0.3, -0.25) is 4.79 Å². The molecule has 1 unspecified atom stereocenters. The van der Waals surface area contributed by atoms with Crippen molar-refractivity contribution in [3.05, 3.63) is 22.4 Å². The first-order chi connectivity index (χ1) is 13.3.